The van der Waals surface area contributed by atoms with Gasteiger partial charge in [0.15, 0.2) is 0 Å². The van der Waals surface area contributed by atoms with Gasteiger partial charge in [0, 0.05) is 13.1 Å². The third-order valence-corrected chi connectivity index (χ3v) is 5.63. The summed E-state index contributed by atoms with van der Waals surface area (Å²) in [5.41, 5.74) is 1.63. The normalized spacial score (nSPS) is 24.5. The zero-order chi connectivity index (χ0) is 17.4. The van der Waals surface area contributed by atoms with Crippen molar-refractivity contribution in [3.05, 3.63) is 29.8 Å². The molecule has 0 unspecified atom stereocenters. The second kappa shape index (κ2) is 6.79. The Kier molecular flexibility index (Phi) is 5.08. The number of nitrogens with zero attached hydrogens (tertiary/aromatic N) is 1. The van der Waals surface area contributed by atoms with E-state index >= 15 is 0 Å². The standard InChI is InChI=1S/C19H30BNO3/c1-18(2)19(3,4)24-20(23-18)16-8-6-7-15(13-16)14-22-17-9-11-21(5)12-10-17/h6-8,13,17H,9-12,14H2,1-5H3. The highest BCUT2D eigenvalue weighted by Crippen LogP contribution is 2.36. The van der Waals surface area contributed by atoms with Crippen molar-refractivity contribution >= 4 is 12.6 Å². The van der Waals surface area contributed by atoms with Gasteiger partial charge in [-0.1, -0.05) is 24.3 Å². The molecular weight excluding hydrogens is 301 g/mol. The highest BCUT2D eigenvalue weighted by Gasteiger charge is 2.51. The number of ether oxygens (including phenoxy) is 1. The van der Waals surface area contributed by atoms with Crippen LogP contribution in [0.1, 0.15) is 46.1 Å². The number of piperidine rings is 1. The fraction of sp³-hybridized carbons (Fsp3) is 0.684. The molecule has 0 amide bonds. The first-order chi connectivity index (χ1) is 11.3. The molecule has 1 aromatic rings. The molecule has 2 heterocycles. The molecule has 0 aliphatic carbocycles. The SMILES string of the molecule is CN1CCC(OCc2cccc(B3OC(C)(C)C(C)(C)O3)c2)CC1. The van der Waals surface area contributed by atoms with E-state index in [0.29, 0.717) is 12.7 Å². The number of likely N-dealkylation sites (tertiary alicyclic amines) is 1. The molecule has 3 rings (SSSR count). The van der Waals surface area contributed by atoms with Gasteiger partial charge in [0.1, 0.15) is 0 Å². The van der Waals surface area contributed by atoms with Gasteiger partial charge in [0.2, 0.25) is 0 Å². The van der Waals surface area contributed by atoms with E-state index in [1.807, 2.05) is 0 Å². The number of benzene rings is 1. The molecule has 0 atom stereocenters. The molecule has 0 bridgehead atoms. The van der Waals surface area contributed by atoms with Crippen molar-refractivity contribution in [1.29, 1.82) is 0 Å². The van der Waals surface area contributed by atoms with Gasteiger partial charge in [-0.05, 0) is 58.6 Å². The minimum Gasteiger partial charge on any atom is -0.399 e. The molecule has 0 spiro atoms. The summed E-state index contributed by atoms with van der Waals surface area (Å²) < 4.78 is 18.4. The molecule has 132 valence electrons. The lowest BCUT2D eigenvalue weighted by molar-refractivity contribution is 0.00216. The van der Waals surface area contributed by atoms with E-state index in [9.17, 15) is 0 Å². The Morgan fingerprint density at radius 2 is 1.75 bits per heavy atom. The third kappa shape index (κ3) is 3.85. The molecule has 2 aliphatic heterocycles. The fourth-order valence-electron chi connectivity index (χ4n) is 3.17. The predicted molar refractivity (Wildman–Crippen MR) is 97.5 cm³/mol. The van der Waals surface area contributed by atoms with Crippen LogP contribution in [0.5, 0.6) is 0 Å². The molecule has 0 N–H and O–H groups in total. The highest BCUT2D eigenvalue weighted by atomic mass is 16.7. The average molecular weight is 331 g/mol. The molecule has 0 radical (unpaired) electrons. The summed E-state index contributed by atoms with van der Waals surface area (Å²) in [6.45, 7) is 11.2. The van der Waals surface area contributed by atoms with Gasteiger partial charge in [-0.25, -0.2) is 0 Å². The summed E-state index contributed by atoms with van der Waals surface area (Å²) in [4.78, 5) is 2.36. The predicted octanol–water partition coefficient (Wildman–Crippen LogP) is 2.60. The van der Waals surface area contributed by atoms with Gasteiger partial charge < -0.3 is 18.9 Å². The molecule has 4 nitrogen and oxygen atoms in total. The van der Waals surface area contributed by atoms with Crippen LogP contribution >= 0.6 is 0 Å². The number of hydrogen-bond acceptors (Lipinski definition) is 4. The molecule has 24 heavy (non-hydrogen) atoms. The van der Waals surface area contributed by atoms with E-state index in [0.717, 1.165) is 31.4 Å². The first-order valence-corrected chi connectivity index (χ1v) is 9.01. The lowest BCUT2D eigenvalue weighted by atomic mass is 9.78. The van der Waals surface area contributed by atoms with E-state index in [-0.39, 0.29) is 18.3 Å². The summed E-state index contributed by atoms with van der Waals surface area (Å²) in [6.07, 6.45) is 2.61. The van der Waals surface area contributed by atoms with Crippen molar-refractivity contribution < 1.29 is 14.0 Å². The highest BCUT2D eigenvalue weighted by molar-refractivity contribution is 6.62. The van der Waals surface area contributed by atoms with Crippen molar-refractivity contribution in [3.8, 4) is 0 Å². The van der Waals surface area contributed by atoms with E-state index in [1.165, 1.54) is 5.56 Å². The van der Waals surface area contributed by atoms with E-state index in [2.05, 4.69) is 63.9 Å². The maximum absolute atomic E-state index is 6.14. The topological polar surface area (TPSA) is 30.9 Å². The van der Waals surface area contributed by atoms with Gasteiger partial charge in [0.05, 0.1) is 23.9 Å². The van der Waals surface area contributed by atoms with Crippen LogP contribution in [0.3, 0.4) is 0 Å². The van der Waals surface area contributed by atoms with Gasteiger partial charge in [-0.3, -0.25) is 0 Å². The molecule has 2 saturated heterocycles. The lowest BCUT2D eigenvalue weighted by Gasteiger charge is -2.32. The van der Waals surface area contributed by atoms with E-state index < -0.39 is 0 Å². The number of rotatable bonds is 4. The van der Waals surface area contributed by atoms with Crippen LogP contribution < -0.4 is 5.46 Å². The van der Waals surface area contributed by atoms with Crippen LogP contribution in [0.2, 0.25) is 0 Å². The fourth-order valence-corrected chi connectivity index (χ4v) is 3.17. The summed E-state index contributed by atoms with van der Waals surface area (Å²) in [5, 5.41) is 0. The first kappa shape index (κ1) is 17.9. The monoisotopic (exact) mass is 331 g/mol. The Morgan fingerprint density at radius 1 is 1.12 bits per heavy atom. The Labute approximate surface area is 146 Å². The van der Waals surface area contributed by atoms with Crippen LogP contribution in [0.15, 0.2) is 24.3 Å². The summed E-state index contributed by atoms with van der Waals surface area (Å²) in [5.74, 6) is 0. The number of hydrogen-bond donors (Lipinski definition) is 0. The van der Waals surface area contributed by atoms with Crippen molar-refractivity contribution in [1.82, 2.24) is 4.90 Å². The van der Waals surface area contributed by atoms with Crippen LogP contribution in [0.25, 0.3) is 0 Å². The summed E-state index contributed by atoms with van der Waals surface area (Å²) in [7, 11) is 1.86. The van der Waals surface area contributed by atoms with Gasteiger partial charge >= 0.3 is 7.12 Å². The van der Waals surface area contributed by atoms with E-state index in [4.69, 9.17) is 14.0 Å². The lowest BCUT2D eigenvalue weighted by Crippen LogP contribution is -2.41. The largest absolute Gasteiger partial charge is 0.494 e. The van der Waals surface area contributed by atoms with Crippen molar-refractivity contribution in [2.24, 2.45) is 0 Å². The Bertz CT molecular complexity index is 551. The zero-order valence-corrected chi connectivity index (χ0v) is 15.7. The average Bonchev–Trinajstić information content (AvgIpc) is 2.75. The molecule has 1 aromatic carbocycles. The third-order valence-electron chi connectivity index (χ3n) is 5.63. The van der Waals surface area contributed by atoms with Crippen molar-refractivity contribution in [2.45, 2.75) is 64.4 Å². The van der Waals surface area contributed by atoms with Crippen LogP contribution in [-0.2, 0) is 20.7 Å². The minimum absolute atomic E-state index is 0.307. The zero-order valence-electron chi connectivity index (χ0n) is 15.7. The Morgan fingerprint density at radius 3 is 2.38 bits per heavy atom. The van der Waals surface area contributed by atoms with Gasteiger partial charge in [-0.2, -0.15) is 0 Å². The quantitative estimate of drug-likeness (QED) is 0.794. The van der Waals surface area contributed by atoms with Crippen LogP contribution in [-0.4, -0.2) is 49.5 Å². The molecule has 0 aromatic heterocycles. The minimum atomic E-state index is -0.307. The van der Waals surface area contributed by atoms with E-state index in [1.54, 1.807) is 0 Å². The summed E-state index contributed by atoms with van der Waals surface area (Å²) >= 11 is 0. The van der Waals surface area contributed by atoms with Crippen LogP contribution in [0, 0.1) is 0 Å². The molecular formula is C19H30BNO3. The van der Waals surface area contributed by atoms with Gasteiger partial charge in [-0.15, -0.1) is 0 Å². The van der Waals surface area contributed by atoms with Gasteiger partial charge in [0.25, 0.3) is 0 Å². The maximum atomic E-state index is 6.14. The maximum Gasteiger partial charge on any atom is 0.494 e. The second-order valence-electron chi connectivity index (χ2n) is 8.15. The van der Waals surface area contributed by atoms with Crippen molar-refractivity contribution in [3.63, 3.8) is 0 Å². The van der Waals surface area contributed by atoms with Crippen molar-refractivity contribution in [2.75, 3.05) is 20.1 Å². The molecule has 5 heteroatoms. The smallest absolute Gasteiger partial charge is 0.399 e. The Hall–Kier alpha value is -0.875. The first-order valence-electron chi connectivity index (χ1n) is 9.01. The molecule has 0 saturated carbocycles. The van der Waals surface area contributed by atoms with Crippen LogP contribution in [0.4, 0.5) is 0 Å². The molecule has 2 aliphatic rings. The second-order valence-corrected chi connectivity index (χ2v) is 8.15. The summed E-state index contributed by atoms with van der Waals surface area (Å²) in [6, 6.07) is 8.40. The molecule has 2 fully saturated rings. The Balaban J connectivity index is 1.61.